The zero-order valence-corrected chi connectivity index (χ0v) is 10.0. The molecule has 1 aliphatic rings. The molecule has 2 rings (SSSR count). The third-order valence-electron chi connectivity index (χ3n) is 2.81. The molecule has 0 aliphatic carbocycles. The summed E-state index contributed by atoms with van der Waals surface area (Å²) >= 11 is 5.87. The van der Waals surface area contributed by atoms with Gasteiger partial charge in [0.15, 0.2) is 0 Å². The molecule has 3 nitrogen and oxygen atoms in total. The Labute approximate surface area is 101 Å². The fourth-order valence-corrected chi connectivity index (χ4v) is 2.10. The number of benzene rings is 1. The molecule has 16 heavy (non-hydrogen) atoms. The van der Waals surface area contributed by atoms with Crippen molar-refractivity contribution in [1.82, 2.24) is 4.90 Å². The van der Waals surface area contributed by atoms with Gasteiger partial charge >= 0.3 is 0 Å². The predicted molar refractivity (Wildman–Crippen MR) is 64.0 cm³/mol. The summed E-state index contributed by atoms with van der Waals surface area (Å²) in [6.07, 6.45) is 0.275. The van der Waals surface area contributed by atoms with E-state index in [1.165, 1.54) is 0 Å². The highest BCUT2D eigenvalue weighted by Crippen LogP contribution is 2.21. The van der Waals surface area contributed by atoms with Crippen LogP contribution >= 0.6 is 11.6 Å². The van der Waals surface area contributed by atoms with E-state index in [2.05, 4.69) is 4.90 Å². The van der Waals surface area contributed by atoms with Gasteiger partial charge in [0.25, 0.3) is 0 Å². The summed E-state index contributed by atoms with van der Waals surface area (Å²) < 4.78 is 5.74. The average Bonchev–Trinajstić information content (AvgIpc) is 2.22. The van der Waals surface area contributed by atoms with Gasteiger partial charge in [-0.25, -0.2) is 0 Å². The maximum atomic E-state index is 9.87. The molecule has 0 amide bonds. The second kappa shape index (κ2) is 5.04. The maximum absolute atomic E-state index is 9.87. The first-order chi connectivity index (χ1) is 7.65. The molecular weight excluding hydrogens is 226 g/mol. The quantitative estimate of drug-likeness (QED) is 0.857. The van der Waals surface area contributed by atoms with Crippen LogP contribution < -0.4 is 4.74 Å². The summed E-state index contributed by atoms with van der Waals surface area (Å²) in [6.45, 7) is 1.60. The number of aliphatic hydroxyl groups is 1. The minimum absolute atomic E-state index is 0.130. The smallest absolute Gasteiger partial charge is 0.127 e. The average molecular weight is 242 g/mol. The summed E-state index contributed by atoms with van der Waals surface area (Å²) in [5.74, 6) is 0.723. The number of β-amino-alcohol motifs (C(OH)–C–C–N with tert-alkyl or cyclic N) is 1. The first kappa shape index (κ1) is 11.7. The van der Waals surface area contributed by atoms with E-state index in [1.54, 1.807) is 12.1 Å². The molecule has 1 heterocycles. The van der Waals surface area contributed by atoms with Crippen LogP contribution in [0.2, 0.25) is 5.02 Å². The van der Waals surface area contributed by atoms with Crippen molar-refractivity contribution in [3.63, 3.8) is 0 Å². The predicted octanol–water partition coefficient (Wildman–Crippen LogP) is 1.78. The normalized spacial score (nSPS) is 26.7. The largest absolute Gasteiger partial charge is 0.488 e. The number of ether oxygens (including phenoxy) is 1. The van der Waals surface area contributed by atoms with E-state index in [1.807, 2.05) is 19.2 Å². The van der Waals surface area contributed by atoms with Gasteiger partial charge in [-0.3, -0.25) is 0 Å². The van der Waals surface area contributed by atoms with Crippen LogP contribution in [-0.2, 0) is 0 Å². The molecule has 1 aromatic rings. The van der Waals surface area contributed by atoms with Crippen LogP contribution in [0.15, 0.2) is 24.3 Å². The molecule has 2 unspecified atom stereocenters. The highest BCUT2D eigenvalue weighted by atomic mass is 35.5. The molecule has 0 saturated carbocycles. The lowest BCUT2D eigenvalue weighted by molar-refractivity contribution is -0.0181. The van der Waals surface area contributed by atoms with Crippen LogP contribution in [0.25, 0.3) is 0 Å². The second-order valence-electron chi connectivity index (χ2n) is 4.23. The van der Waals surface area contributed by atoms with Crippen molar-refractivity contribution in [2.24, 2.45) is 0 Å². The van der Waals surface area contributed by atoms with Crippen LogP contribution in [0, 0.1) is 0 Å². The van der Waals surface area contributed by atoms with Gasteiger partial charge in [-0.05, 0) is 31.7 Å². The molecule has 1 N–H and O–H groups in total. The Kier molecular flexibility index (Phi) is 3.69. The van der Waals surface area contributed by atoms with Gasteiger partial charge in [0.2, 0.25) is 0 Å². The van der Waals surface area contributed by atoms with E-state index in [9.17, 15) is 5.11 Å². The monoisotopic (exact) mass is 241 g/mol. The zero-order valence-electron chi connectivity index (χ0n) is 9.27. The number of piperidine rings is 1. The number of nitrogens with zero attached hydrogens (tertiary/aromatic N) is 1. The lowest BCUT2D eigenvalue weighted by atomic mass is 10.1. The third kappa shape index (κ3) is 2.88. The van der Waals surface area contributed by atoms with Crippen LogP contribution in [-0.4, -0.2) is 42.4 Å². The third-order valence-corrected chi connectivity index (χ3v) is 3.04. The van der Waals surface area contributed by atoms with Crippen molar-refractivity contribution in [2.45, 2.75) is 18.6 Å². The minimum atomic E-state index is -0.433. The van der Waals surface area contributed by atoms with Crippen molar-refractivity contribution in [3.8, 4) is 5.75 Å². The molecule has 0 spiro atoms. The topological polar surface area (TPSA) is 32.7 Å². The first-order valence-corrected chi connectivity index (χ1v) is 5.82. The Hall–Kier alpha value is -0.770. The van der Waals surface area contributed by atoms with Crippen molar-refractivity contribution in [3.05, 3.63) is 29.3 Å². The van der Waals surface area contributed by atoms with Crippen molar-refractivity contribution in [1.29, 1.82) is 0 Å². The number of likely N-dealkylation sites (tertiary alicyclic amines) is 1. The van der Waals surface area contributed by atoms with Gasteiger partial charge in [0.05, 0.1) is 0 Å². The van der Waals surface area contributed by atoms with E-state index in [4.69, 9.17) is 16.3 Å². The molecule has 88 valence electrons. The minimum Gasteiger partial charge on any atom is -0.488 e. The second-order valence-corrected chi connectivity index (χ2v) is 4.67. The SMILES string of the molecule is CN1CCC(Oc2cccc(Cl)c2)C(O)C1. The molecule has 0 bridgehead atoms. The molecule has 0 radical (unpaired) electrons. The Morgan fingerprint density at radius 2 is 2.31 bits per heavy atom. The van der Waals surface area contributed by atoms with Crippen molar-refractivity contribution >= 4 is 11.6 Å². The molecule has 1 aliphatic heterocycles. The summed E-state index contributed by atoms with van der Waals surface area (Å²) in [4.78, 5) is 2.10. The number of hydrogen-bond donors (Lipinski definition) is 1. The standard InChI is InChI=1S/C12H16ClNO2/c1-14-6-5-12(11(15)8-14)16-10-4-2-3-9(13)7-10/h2-4,7,11-12,15H,5-6,8H2,1H3. The van der Waals surface area contributed by atoms with E-state index >= 15 is 0 Å². The van der Waals surface area contributed by atoms with Crippen LogP contribution in [0.4, 0.5) is 0 Å². The van der Waals surface area contributed by atoms with Crippen molar-refractivity contribution < 1.29 is 9.84 Å². The highest BCUT2D eigenvalue weighted by molar-refractivity contribution is 6.30. The van der Waals surface area contributed by atoms with Gasteiger partial charge in [0.1, 0.15) is 18.0 Å². The maximum Gasteiger partial charge on any atom is 0.127 e. The fourth-order valence-electron chi connectivity index (χ4n) is 1.92. The van der Waals surface area contributed by atoms with E-state index in [0.29, 0.717) is 11.6 Å². The van der Waals surface area contributed by atoms with Gasteiger partial charge in [0, 0.05) is 18.1 Å². The number of likely N-dealkylation sites (N-methyl/N-ethyl adjacent to an activating group) is 1. The van der Waals surface area contributed by atoms with Crippen LogP contribution in [0.3, 0.4) is 0 Å². The lowest BCUT2D eigenvalue weighted by Gasteiger charge is -2.33. The van der Waals surface area contributed by atoms with Gasteiger partial charge < -0.3 is 14.7 Å². The molecule has 2 atom stereocenters. The molecular formula is C12H16ClNO2. The van der Waals surface area contributed by atoms with E-state index < -0.39 is 6.10 Å². The Morgan fingerprint density at radius 3 is 3.00 bits per heavy atom. The van der Waals surface area contributed by atoms with E-state index in [0.717, 1.165) is 18.7 Å². The molecule has 1 fully saturated rings. The number of halogens is 1. The van der Waals surface area contributed by atoms with Crippen LogP contribution in [0.1, 0.15) is 6.42 Å². The molecule has 0 aromatic heterocycles. The van der Waals surface area contributed by atoms with Crippen molar-refractivity contribution in [2.75, 3.05) is 20.1 Å². The van der Waals surface area contributed by atoms with Crippen LogP contribution in [0.5, 0.6) is 5.75 Å². The fraction of sp³-hybridized carbons (Fsp3) is 0.500. The van der Waals surface area contributed by atoms with Gasteiger partial charge in [-0.2, -0.15) is 0 Å². The Morgan fingerprint density at radius 1 is 1.50 bits per heavy atom. The zero-order chi connectivity index (χ0) is 11.5. The lowest BCUT2D eigenvalue weighted by Crippen LogP contribution is -2.47. The summed E-state index contributed by atoms with van der Waals surface area (Å²) in [7, 11) is 2.00. The van der Waals surface area contributed by atoms with E-state index in [-0.39, 0.29) is 6.10 Å². The molecule has 1 aromatic carbocycles. The number of hydrogen-bond acceptors (Lipinski definition) is 3. The van der Waals surface area contributed by atoms with Gasteiger partial charge in [-0.1, -0.05) is 17.7 Å². The molecule has 1 saturated heterocycles. The summed E-state index contributed by atoms with van der Waals surface area (Å²) in [6, 6.07) is 7.28. The number of rotatable bonds is 2. The number of aliphatic hydroxyl groups excluding tert-OH is 1. The first-order valence-electron chi connectivity index (χ1n) is 5.44. The van der Waals surface area contributed by atoms with Gasteiger partial charge in [-0.15, -0.1) is 0 Å². The Balaban J connectivity index is 1.99. The Bertz CT molecular complexity index is 359. The highest BCUT2D eigenvalue weighted by Gasteiger charge is 2.27. The summed E-state index contributed by atoms with van der Waals surface area (Å²) in [5.41, 5.74) is 0. The molecule has 4 heteroatoms. The summed E-state index contributed by atoms with van der Waals surface area (Å²) in [5, 5.41) is 10.5.